The monoisotopic (exact) mass is 1200 g/mol. The molecule has 0 aromatic heterocycles. The Kier molecular flexibility index (Phi) is 29.9. The molecule has 0 aliphatic carbocycles. The molecule has 0 saturated carbocycles. The number of hydrogen-bond acceptors (Lipinski definition) is 15. The minimum Gasteiger partial charge on any atom is -0.489 e. The molecule has 2 aliphatic rings. The number of carbonyl (C=O) groups is 13. The van der Waals surface area contributed by atoms with Crippen LogP contribution in [0, 0.1) is 0 Å². The van der Waals surface area contributed by atoms with Crippen LogP contribution in [0.5, 0.6) is 5.75 Å². The van der Waals surface area contributed by atoms with E-state index in [0.29, 0.717) is 17.7 Å². The van der Waals surface area contributed by atoms with Gasteiger partial charge in [0.15, 0.2) is 0 Å². The minimum atomic E-state index is -1.88. The molecule has 4 unspecified atom stereocenters. The highest BCUT2D eigenvalue weighted by atomic mass is 16.5. The molecule has 0 bridgehead atoms. The second-order valence-corrected chi connectivity index (χ2v) is 21.5. The summed E-state index contributed by atoms with van der Waals surface area (Å²) in [5, 5.41) is 27.4. The summed E-state index contributed by atoms with van der Waals surface area (Å²) in [5.74, 6) is -13.3. The predicted molar refractivity (Wildman–Crippen MR) is 310 cm³/mol. The quantitative estimate of drug-likeness (QED) is 0.0405. The molecule has 86 heavy (non-hydrogen) atoms. The molecule has 28 nitrogen and oxygen atoms in total. The first-order valence-corrected chi connectivity index (χ1v) is 29.3. The normalized spacial score (nSPS) is 21.4. The number of primary amides is 4. The lowest BCUT2D eigenvalue weighted by Gasteiger charge is -2.31. The van der Waals surface area contributed by atoms with Gasteiger partial charge in [0.2, 0.25) is 76.8 Å². The first-order valence-electron chi connectivity index (χ1n) is 29.3. The highest BCUT2D eigenvalue weighted by molar-refractivity contribution is 6.00. The number of unbranched alkanes of at least 4 members (excludes halogenated alkanes) is 9. The number of nitrogens with zero attached hydrogens (tertiary/aromatic N) is 2. The fourth-order valence-corrected chi connectivity index (χ4v) is 9.79. The van der Waals surface area contributed by atoms with Gasteiger partial charge in [0.05, 0.1) is 32.4 Å². The summed E-state index contributed by atoms with van der Waals surface area (Å²) in [4.78, 5) is 179. The van der Waals surface area contributed by atoms with E-state index in [1.54, 1.807) is 24.3 Å². The Labute approximate surface area is 499 Å². The summed E-state index contributed by atoms with van der Waals surface area (Å²) in [7, 11) is 0. The zero-order valence-electron chi connectivity index (χ0n) is 48.8. The van der Waals surface area contributed by atoms with E-state index in [0.717, 1.165) is 53.9 Å². The van der Waals surface area contributed by atoms with Gasteiger partial charge in [0.25, 0.3) is 0 Å². The molecule has 0 spiro atoms. The highest BCUT2D eigenvalue weighted by Gasteiger charge is 2.41. The Morgan fingerprint density at radius 2 is 1.09 bits per heavy atom. The van der Waals surface area contributed by atoms with Crippen molar-refractivity contribution in [2.45, 2.75) is 178 Å². The third kappa shape index (κ3) is 24.9. The molecule has 2 aliphatic heterocycles. The van der Waals surface area contributed by atoms with Crippen molar-refractivity contribution in [2.24, 2.45) is 22.9 Å². The van der Waals surface area contributed by atoms with Crippen molar-refractivity contribution in [2.75, 3.05) is 32.8 Å². The first kappa shape index (κ1) is 69.8. The second kappa shape index (κ2) is 36.9. The molecule has 2 aromatic carbocycles. The van der Waals surface area contributed by atoms with Gasteiger partial charge in [0, 0.05) is 38.9 Å². The van der Waals surface area contributed by atoms with Gasteiger partial charge in [-0.2, -0.15) is 0 Å². The lowest BCUT2D eigenvalue weighted by molar-refractivity contribution is -0.143. The maximum atomic E-state index is 14.5. The van der Waals surface area contributed by atoms with E-state index >= 15 is 0 Å². The number of benzene rings is 2. The molecule has 13 amide bonds. The van der Waals surface area contributed by atoms with Crippen molar-refractivity contribution in [3.63, 3.8) is 0 Å². The fourth-order valence-electron chi connectivity index (χ4n) is 9.79. The predicted octanol–water partition coefficient (Wildman–Crippen LogP) is -2.14. The maximum absolute atomic E-state index is 14.5. The summed E-state index contributed by atoms with van der Waals surface area (Å²) >= 11 is 0. The molecular weight excluding hydrogens is 1120 g/mol. The summed E-state index contributed by atoms with van der Waals surface area (Å²) in [5.41, 5.74) is 23.4. The number of amides is 13. The Bertz CT molecular complexity index is 2660. The van der Waals surface area contributed by atoms with E-state index in [-0.39, 0.29) is 39.0 Å². The topological polar surface area (TPSA) is 446 Å². The highest BCUT2D eigenvalue weighted by Crippen LogP contribution is 2.21. The van der Waals surface area contributed by atoms with Crippen LogP contribution in [-0.2, 0) is 75.4 Å². The SMILES string of the molecule is CCCCCCCCCCCCNC(=O)CN1CCC(=O)NC(CC(N)=O)C(=O)N[C@H](Cc2ccc(OCc3ccccc3)cc2)C(=O)NC(CC(N)=O)C(=O)NC(CCC(N)=O)C(=O)N2CCC[C@H]2C(=O)NC(CO)C(=O)N[C@@H](CC(N)=O)C1=O. The Hall–Kier alpha value is -8.69. The maximum Gasteiger partial charge on any atom is 0.246 e. The van der Waals surface area contributed by atoms with Gasteiger partial charge in [0.1, 0.15) is 54.6 Å². The largest absolute Gasteiger partial charge is 0.489 e. The Morgan fingerprint density at radius 1 is 0.570 bits per heavy atom. The summed E-state index contributed by atoms with van der Waals surface area (Å²) in [6, 6.07) is 3.43. The van der Waals surface area contributed by atoms with E-state index in [4.69, 9.17) is 27.7 Å². The fraction of sp³-hybridized carbons (Fsp3) is 0.569. The molecule has 2 saturated heterocycles. The third-order valence-electron chi connectivity index (χ3n) is 14.4. The van der Waals surface area contributed by atoms with Gasteiger partial charge in [-0.05, 0) is 48.9 Å². The summed E-state index contributed by atoms with van der Waals surface area (Å²) in [6.07, 6.45) is 5.85. The Balaban J connectivity index is 1.74. The van der Waals surface area contributed by atoms with Crippen LogP contribution in [0.3, 0.4) is 0 Å². The number of carbonyl (C=O) groups excluding carboxylic acids is 13. The summed E-state index contributed by atoms with van der Waals surface area (Å²) in [6.45, 7) is 0.0136. The standard InChI is InChI=1S/C58H85N13O15/c1-2-3-4-5-6-7-8-9-10-14-26-63-51(78)33-70-28-25-50(77)64-41(30-47(60)74)53(80)66-40(29-36-19-21-38(22-20-36)86-35-37-16-12-11-13-17-37)52(79)67-42(31-48(61)75)54(81)65-39(23-24-46(59)73)58(85)71-27-15-18-45(71)56(83)69-44(34-72)55(82)68-43(57(70)84)32-49(62)76/h11-13,16-17,19-22,39-45,72H,2-10,14-15,18,23-35H2,1H3,(H2,59,73)(H2,60,74)(H2,61,75)(H2,62,76)(H,63,78)(H,64,77)(H,65,81)(H,66,80)(H,67,79)(H,68,82)(H,69,83)/t39?,40-,41?,42?,43+,44?,45+/m1/s1. The molecule has 4 rings (SSSR count). The molecule has 2 aromatic rings. The van der Waals surface area contributed by atoms with Crippen LogP contribution in [-0.4, -0.2) is 167 Å². The molecule has 2 heterocycles. The zero-order chi connectivity index (χ0) is 63.1. The van der Waals surface area contributed by atoms with E-state index < -0.39 is 177 Å². The first-order chi connectivity index (χ1) is 41.1. The van der Waals surface area contributed by atoms with Crippen molar-refractivity contribution in [3.05, 3.63) is 65.7 Å². The summed E-state index contributed by atoms with van der Waals surface area (Å²) < 4.78 is 5.90. The lowest BCUT2D eigenvalue weighted by atomic mass is 10.0. The number of hydrogen-bond donors (Lipinski definition) is 12. The Morgan fingerprint density at radius 3 is 1.69 bits per heavy atom. The van der Waals surface area contributed by atoms with E-state index in [1.807, 2.05) is 30.3 Å². The average Bonchev–Trinajstić information content (AvgIpc) is 2.54. The number of ether oxygens (including phenoxy) is 1. The van der Waals surface area contributed by atoms with Crippen molar-refractivity contribution in [3.8, 4) is 5.75 Å². The van der Waals surface area contributed by atoms with Crippen LogP contribution in [0.15, 0.2) is 54.6 Å². The van der Waals surface area contributed by atoms with Gasteiger partial charge in [-0.15, -0.1) is 0 Å². The van der Waals surface area contributed by atoms with Gasteiger partial charge >= 0.3 is 0 Å². The number of nitrogens with two attached hydrogens (primary N) is 4. The molecule has 472 valence electrons. The molecule has 28 heteroatoms. The van der Waals surface area contributed by atoms with Crippen LogP contribution in [0.25, 0.3) is 0 Å². The minimum absolute atomic E-state index is 0.0163. The molecule has 2 fully saturated rings. The van der Waals surface area contributed by atoms with Crippen molar-refractivity contribution in [1.82, 2.24) is 47.0 Å². The van der Waals surface area contributed by atoms with Crippen LogP contribution in [0.2, 0.25) is 0 Å². The second-order valence-electron chi connectivity index (χ2n) is 21.5. The van der Waals surface area contributed by atoms with Crippen LogP contribution >= 0.6 is 0 Å². The average molecular weight is 1200 g/mol. The van der Waals surface area contributed by atoms with Crippen molar-refractivity contribution < 1.29 is 72.2 Å². The third-order valence-corrected chi connectivity index (χ3v) is 14.4. The smallest absolute Gasteiger partial charge is 0.246 e. The van der Waals surface area contributed by atoms with Gasteiger partial charge in [-0.25, -0.2) is 0 Å². The van der Waals surface area contributed by atoms with E-state index in [2.05, 4.69) is 44.1 Å². The van der Waals surface area contributed by atoms with Gasteiger partial charge in [-0.1, -0.05) is 107 Å². The van der Waals surface area contributed by atoms with Crippen molar-refractivity contribution >= 4 is 76.8 Å². The molecule has 7 atom stereocenters. The van der Waals surface area contributed by atoms with Crippen molar-refractivity contribution in [1.29, 1.82) is 0 Å². The zero-order valence-corrected chi connectivity index (χ0v) is 48.8. The van der Waals surface area contributed by atoms with Crippen LogP contribution < -0.4 is 64.9 Å². The van der Waals surface area contributed by atoms with Gasteiger partial charge in [-0.3, -0.25) is 62.3 Å². The molecular formula is C58H85N13O15. The number of aliphatic hydroxyl groups is 1. The van der Waals surface area contributed by atoms with Gasteiger partial charge < -0.3 is 79.8 Å². The molecule has 16 N–H and O–H groups in total. The van der Waals surface area contributed by atoms with E-state index in [1.165, 1.54) is 19.3 Å². The number of nitrogens with one attached hydrogen (secondary N) is 7. The molecule has 0 radical (unpaired) electrons. The number of rotatable bonds is 28. The number of aliphatic hydroxyl groups excluding tert-OH is 1. The van der Waals surface area contributed by atoms with Crippen LogP contribution in [0.1, 0.15) is 134 Å². The number of fused-ring (bicyclic) bond motifs is 1. The van der Waals surface area contributed by atoms with E-state index in [9.17, 15) is 67.4 Å². The lowest BCUT2D eigenvalue weighted by Crippen LogP contribution is -2.61. The van der Waals surface area contributed by atoms with Crippen LogP contribution in [0.4, 0.5) is 0 Å².